The molecule has 1 N–H and O–H groups in total. The van der Waals surface area contributed by atoms with Gasteiger partial charge in [-0.15, -0.1) is 6.42 Å². The molecule has 0 aliphatic rings. The standard InChI is InChI=1S/C15H20ClN/c1-4-8-14(5-2)17-15(6-3)12-9-7-10-13(16)11-12/h2,7,9-11,14-15,17H,4,6,8H2,1,3H3. The molecule has 0 spiro atoms. The second-order valence-corrected chi connectivity index (χ2v) is 4.63. The highest BCUT2D eigenvalue weighted by atomic mass is 35.5. The molecule has 2 heteroatoms. The molecule has 1 nitrogen and oxygen atoms in total. The van der Waals surface area contributed by atoms with Crippen LogP contribution in [0.15, 0.2) is 24.3 Å². The highest BCUT2D eigenvalue weighted by molar-refractivity contribution is 6.30. The van der Waals surface area contributed by atoms with E-state index in [4.69, 9.17) is 18.0 Å². The minimum absolute atomic E-state index is 0.143. The molecule has 0 fully saturated rings. The number of terminal acetylenes is 1. The van der Waals surface area contributed by atoms with Gasteiger partial charge in [0.15, 0.2) is 0 Å². The largest absolute Gasteiger partial charge is 0.297 e. The molecule has 1 aromatic carbocycles. The van der Waals surface area contributed by atoms with Crippen molar-refractivity contribution in [1.29, 1.82) is 0 Å². The van der Waals surface area contributed by atoms with Crippen LogP contribution in [-0.4, -0.2) is 6.04 Å². The van der Waals surface area contributed by atoms with E-state index in [1.807, 2.05) is 18.2 Å². The first kappa shape index (κ1) is 14.1. The molecule has 92 valence electrons. The maximum Gasteiger partial charge on any atom is 0.0691 e. The van der Waals surface area contributed by atoms with Crippen molar-refractivity contribution in [2.24, 2.45) is 0 Å². The van der Waals surface area contributed by atoms with E-state index in [-0.39, 0.29) is 12.1 Å². The van der Waals surface area contributed by atoms with Gasteiger partial charge in [-0.2, -0.15) is 0 Å². The van der Waals surface area contributed by atoms with Gasteiger partial charge in [0.2, 0.25) is 0 Å². The Bertz CT molecular complexity index is 381. The topological polar surface area (TPSA) is 12.0 Å². The summed E-state index contributed by atoms with van der Waals surface area (Å²) in [6.07, 6.45) is 8.63. The van der Waals surface area contributed by atoms with E-state index >= 15 is 0 Å². The number of hydrogen-bond acceptors (Lipinski definition) is 1. The van der Waals surface area contributed by atoms with Crippen LogP contribution >= 0.6 is 11.6 Å². The van der Waals surface area contributed by atoms with E-state index < -0.39 is 0 Å². The summed E-state index contributed by atoms with van der Waals surface area (Å²) in [5.41, 5.74) is 1.20. The van der Waals surface area contributed by atoms with Crippen LogP contribution in [0.2, 0.25) is 5.02 Å². The second-order valence-electron chi connectivity index (χ2n) is 4.19. The van der Waals surface area contributed by atoms with Crippen LogP contribution in [0.3, 0.4) is 0 Å². The van der Waals surface area contributed by atoms with Gasteiger partial charge >= 0.3 is 0 Å². The Morgan fingerprint density at radius 1 is 1.41 bits per heavy atom. The predicted octanol–water partition coefficient (Wildman–Crippen LogP) is 4.18. The van der Waals surface area contributed by atoms with Crippen LogP contribution in [0.5, 0.6) is 0 Å². The molecular formula is C15H20ClN. The van der Waals surface area contributed by atoms with E-state index in [2.05, 4.69) is 31.2 Å². The van der Waals surface area contributed by atoms with Crippen molar-refractivity contribution < 1.29 is 0 Å². The molecule has 0 heterocycles. The quantitative estimate of drug-likeness (QED) is 0.746. The highest BCUT2D eigenvalue weighted by Crippen LogP contribution is 2.21. The van der Waals surface area contributed by atoms with E-state index in [1.165, 1.54) is 5.56 Å². The molecular weight excluding hydrogens is 230 g/mol. The van der Waals surface area contributed by atoms with Crippen LogP contribution in [0.1, 0.15) is 44.7 Å². The Labute approximate surface area is 110 Å². The number of benzene rings is 1. The van der Waals surface area contributed by atoms with E-state index in [1.54, 1.807) is 0 Å². The summed E-state index contributed by atoms with van der Waals surface area (Å²) < 4.78 is 0. The molecule has 0 saturated heterocycles. The molecule has 0 aliphatic heterocycles. The smallest absolute Gasteiger partial charge is 0.0691 e. The van der Waals surface area contributed by atoms with E-state index in [9.17, 15) is 0 Å². The van der Waals surface area contributed by atoms with Crippen molar-refractivity contribution in [3.05, 3.63) is 34.9 Å². The summed E-state index contributed by atoms with van der Waals surface area (Å²) in [6, 6.07) is 8.38. The van der Waals surface area contributed by atoms with Gasteiger partial charge < -0.3 is 0 Å². The summed E-state index contributed by atoms with van der Waals surface area (Å²) >= 11 is 6.01. The van der Waals surface area contributed by atoms with Crippen LogP contribution in [0.4, 0.5) is 0 Å². The lowest BCUT2D eigenvalue weighted by Crippen LogP contribution is -2.31. The predicted molar refractivity (Wildman–Crippen MR) is 75.1 cm³/mol. The van der Waals surface area contributed by atoms with Crippen molar-refractivity contribution in [2.45, 2.75) is 45.2 Å². The Kier molecular flexibility index (Phi) is 6.11. The van der Waals surface area contributed by atoms with Gasteiger partial charge in [0.05, 0.1) is 6.04 Å². The maximum atomic E-state index is 6.01. The third-order valence-corrected chi connectivity index (χ3v) is 3.08. The number of rotatable bonds is 6. The van der Waals surface area contributed by atoms with E-state index in [0.29, 0.717) is 0 Å². The zero-order valence-corrected chi connectivity index (χ0v) is 11.3. The Hall–Kier alpha value is -0.970. The molecule has 2 atom stereocenters. The van der Waals surface area contributed by atoms with Crippen molar-refractivity contribution in [3.63, 3.8) is 0 Å². The lowest BCUT2D eigenvalue weighted by atomic mass is 10.0. The molecule has 0 radical (unpaired) electrons. The van der Waals surface area contributed by atoms with Crippen LogP contribution < -0.4 is 5.32 Å². The number of hydrogen-bond donors (Lipinski definition) is 1. The molecule has 0 aliphatic carbocycles. The lowest BCUT2D eigenvalue weighted by Gasteiger charge is -2.22. The second kappa shape index (κ2) is 7.37. The molecule has 1 aromatic rings. The third-order valence-electron chi connectivity index (χ3n) is 2.84. The lowest BCUT2D eigenvalue weighted by molar-refractivity contribution is 0.460. The first-order chi connectivity index (χ1) is 8.21. The van der Waals surface area contributed by atoms with Crippen molar-refractivity contribution in [2.75, 3.05) is 0 Å². The van der Waals surface area contributed by atoms with Gasteiger partial charge in [0.25, 0.3) is 0 Å². The molecule has 1 rings (SSSR count). The molecule has 0 amide bonds. The molecule has 0 saturated carbocycles. The fourth-order valence-electron chi connectivity index (χ4n) is 1.92. The normalized spacial score (nSPS) is 14.0. The zero-order chi connectivity index (χ0) is 12.7. The minimum atomic E-state index is 0.143. The number of nitrogens with one attached hydrogen (secondary N) is 1. The van der Waals surface area contributed by atoms with Gasteiger partial charge in [-0.3, -0.25) is 5.32 Å². The van der Waals surface area contributed by atoms with E-state index in [0.717, 1.165) is 24.3 Å². The molecule has 0 aromatic heterocycles. The SMILES string of the molecule is C#CC(CCC)NC(CC)c1cccc(Cl)c1. The van der Waals surface area contributed by atoms with Crippen molar-refractivity contribution >= 4 is 11.6 Å². The first-order valence-corrected chi connectivity index (χ1v) is 6.56. The van der Waals surface area contributed by atoms with Crippen LogP contribution in [0, 0.1) is 12.3 Å². The Balaban J connectivity index is 2.75. The first-order valence-electron chi connectivity index (χ1n) is 6.18. The van der Waals surface area contributed by atoms with Crippen LogP contribution in [0.25, 0.3) is 0 Å². The summed E-state index contributed by atoms with van der Waals surface area (Å²) in [6.45, 7) is 4.30. The van der Waals surface area contributed by atoms with Crippen molar-refractivity contribution in [1.82, 2.24) is 5.32 Å². The minimum Gasteiger partial charge on any atom is -0.297 e. The van der Waals surface area contributed by atoms with Gasteiger partial charge in [-0.05, 0) is 30.5 Å². The van der Waals surface area contributed by atoms with Crippen molar-refractivity contribution in [3.8, 4) is 12.3 Å². The molecule has 0 bridgehead atoms. The average molecular weight is 250 g/mol. The summed E-state index contributed by atoms with van der Waals surface area (Å²) in [4.78, 5) is 0. The fourth-order valence-corrected chi connectivity index (χ4v) is 2.12. The summed E-state index contributed by atoms with van der Waals surface area (Å²) in [5.74, 6) is 2.81. The van der Waals surface area contributed by atoms with Gasteiger partial charge in [-0.1, -0.05) is 49.9 Å². The molecule has 17 heavy (non-hydrogen) atoms. The van der Waals surface area contributed by atoms with Gasteiger partial charge in [-0.25, -0.2) is 0 Å². The van der Waals surface area contributed by atoms with Gasteiger partial charge in [0.1, 0.15) is 0 Å². The summed E-state index contributed by atoms with van der Waals surface area (Å²) in [5, 5.41) is 4.28. The Morgan fingerprint density at radius 2 is 2.18 bits per heavy atom. The zero-order valence-electron chi connectivity index (χ0n) is 10.5. The van der Waals surface area contributed by atoms with Gasteiger partial charge in [0, 0.05) is 11.1 Å². The third kappa shape index (κ3) is 4.42. The maximum absolute atomic E-state index is 6.01. The summed E-state index contributed by atoms with van der Waals surface area (Å²) in [7, 11) is 0. The molecule has 2 unspecified atom stereocenters. The fraction of sp³-hybridized carbons (Fsp3) is 0.467. The Morgan fingerprint density at radius 3 is 2.71 bits per heavy atom. The number of halogens is 1. The average Bonchev–Trinajstić information content (AvgIpc) is 2.34. The highest BCUT2D eigenvalue weighted by Gasteiger charge is 2.13. The van der Waals surface area contributed by atoms with Crippen LogP contribution in [-0.2, 0) is 0 Å². The monoisotopic (exact) mass is 249 g/mol.